The average molecular weight is 258 g/mol. The molecule has 0 saturated carbocycles. The molecule has 0 spiro atoms. The SMILES string of the molecule is Cc1nc2ccccc2n1Cc1ccc(F)c(F)c1. The summed E-state index contributed by atoms with van der Waals surface area (Å²) in [6, 6.07) is 11.7. The van der Waals surface area contributed by atoms with Gasteiger partial charge in [-0.3, -0.25) is 0 Å². The zero-order valence-electron chi connectivity index (χ0n) is 10.4. The van der Waals surface area contributed by atoms with Gasteiger partial charge in [0.2, 0.25) is 0 Å². The van der Waals surface area contributed by atoms with E-state index in [0.717, 1.165) is 22.9 Å². The van der Waals surface area contributed by atoms with E-state index in [2.05, 4.69) is 4.98 Å². The van der Waals surface area contributed by atoms with E-state index in [1.54, 1.807) is 6.07 Å². The fraction of sp³-hybridized carbons (Fsp3) is 0.133. The molecule has 0 aliphatic heterocycles. The number of aryl methyl sites for hydroxylation is 1. The van der Waals surface area contributed by atoms with Gasteiger partial charge >= 0.3 is 0 Å². The van der Waals surface area contributed by atoms with Crippen LogP contribution in [0.1, 0.15) is 11.4 Å². The van der Waals surface area contributed by atoms with Crippen LogP contribution in [0.25, 0.3) is 11.0 Å². The van der Waals surface area contributed by atoms with Crippen molar-refractivity contribution in [3.05, 3.63) is 65.5 Å². The fourth-order valence-electron chi connectivity index (χ4n) is 2.22. The van der Waals surface area contributed by atoms with Crippen molar-refractivity contribution in [1.29, 1.82) is 0 Å². The van der Waals surface area contributed by atoms with E-state index in [1.165, 1.54) is 6.07 Å². The Kier molecular flexibility index (Phi) is 2.78. The topological polar surface area (TPSA) is 17.8 Å². The quantitative estimate of drug-likeness (QED) is 0.685. The molecule has 1 heterocycles. The van der Waals surface area contributed by atoms with Gasteiger partial charge in [0.05, 0.1) is 11.0 Å². The minimum atomic E-state index is -0.823. The molecular weight excluding hydrogens is 246 g/mol. The number of halogens is 2. The number of hydrogen-bond donors (Lipinski definition) is 0. The predicted octanol–water partition coefficient (Wildman–Crippen LogP) is 3.67. The summed E-state index contributed by atoms with van der Waals surface area (Å²) in [5.41, 5.74) is 2.61. The molecule has 0 radical (unpaired) electrons. The third-order valence-electron chi connectivity index (χ3n) is 3.17. The summed E-state index contributed by atoms with van der Waals surface area (Å²) in [5.74, 6) is -0.790. The second-order valence-corrected chi connectivity index (χ2v) is 4.48. The minimum Gasteiger partial charge on any atom is -0.324 e. The fourth-order valence-corrected chi connectivity index (χ4v) is 2.22. The number of hydrogen-bond acceptors (Lipinski definition) is 1. The molecule has 0 saturated heterocycles. The summed E-state index contributed by atoms with van der Waals surface area (Å²) in [7, 11) is 0. The number of para-hydroxylation sites is 2. The lowest BCUT2D eigenvalue weighted by molar-refractivity contribution is 0.506. The first-order valence-corrected chi connectivity index (χ1v) is 6.01. The van der Waals surface area contributed by atoms with Gasteiger partial charge in [0.15, 0.2) is 11.6 Å². The number of nitrogens with zero attached hydrogens (tertiary/aromatic N) is 2. The molecule has 96 valence electrons. The molecule has 2 aromatic carbocycles. The van der Waals surface area contributed by atoms with Crippen LogP contribution >= 0.6 is 0 Å². The second kappa shape index (κ2) is 4.46. The van der Waals surface area contributed by atoms with Gasteiger partial charge in [-0.2, -0.15) is 0 Å². The van der Waals surface area contributed by atoms with Crippen LogP contribution in [0, 0.1) is 18.6 Å². The zero-order valence-corrected chi connectivity index (χ0v) is 10.4. The highest BCUT2D eigenvalue weighted by Gasteiger charge is 2.08. The van der Waals surface area contributed by atoms with E-state index in [0.29, 0.717) is 12.1 Å². The third-order valence-corrected chi connectivity index (χ3v) is 3.17. The lowest BCUT2D eigenvalue weighted by atomic mass is 10.2. The molecule has 19 heavy (non-hydrogen) atoms. The molecule has 3 aromatic rings. The van der Waals surface area contributed by atoms with Crippen molar-refractivity contribution in [2.75, 3.05) is 0 Å². The lowest BCUT2D eigenvalue weighted by Gasteiger charge is -2.07. The van der Waals surface area contributed by atoms with Gasteiger partial charge in [0, 0.05) is 6.54 Å². The molecule has 0 amide bonds. The summed E-state index contributed by atoms with van der Waals surface area (Å²) in [5, 5.41) is 0. The summed E-state index contributed by atoms with van der Waals surface area (Å²) in [6.45, 7) is 2.38. The first-order chi connectivity index (χ1) is 9.15. The summed E-state index contributed by atoms with van der Waals surface area (Å²) in [4.78, 5) is 4.44. The number of fused-ring (bicyclic) bond motifs is 1. The molecule has 0 N–H and O–H groups in total. The maximum Gasteiger partial charge on any atom is 0.159 e. The van der Waals surface area contributed by atoms with Crippen molar-refractivity contribution in [2.45, 2.75) is 13.5 Å². The van der Waals surface area contributed by atoms with E-state index in [4.69, 9.17) is 0 Å². The van der Waals surface area contributed by atoms with Crippen LogP contribution in [0.4, 0.5) is 8.78 Å². The molecule has 0 aliphatic carbocycles. The highest BCUT2D eigenvalue weighted by Crippen LogP contribution is 2.18. The van der Waals surface area contributed by atoms with Gasteiger partial charge in [-0.25, -0.2) is 13.8 Å². The van der Waals surface area contributed by atoms with E-state index in [-0.39, 0.29) is 0 Å². The Labute approximate surface area is 109 Å². The highest BCUT2D eigenvalue weighted by atomic mass is 19.2. The van der Waals surface area contributed by atoms with Crippen LogP contribution in [0.2, 0.25) is 0 Å². The Bertz CT molecular complexity index is 747. The summed E-state index contributed by atoms with van der Waals surface area (Å²) < 4.78 is 28.1. The second-order valence-electron chi connectivity index (χ2n) is 4.48. The van der Waals surface area contributed by atoms with Crippen molar-refractivity contribution < 1.29 is 8.78 Å². The molecule has 0 bridgehead atoms. The minimum absolute atomic E-state index is 0.476. The van der Waals surface area contributed by atoms with Crippen molar-refractivity contribution >= 4 is 11.0 Å². The van der Waals surface area contributed by atoms with Crippen LogP contribution < -0.4 is 0 Å². The maximum absolute atomic E-state index is 13.2. The Morgan fingerprint density at radius 2 is 1.84 bits per heavy atom. The standard InChI is InChI=1S/C15H12F2N2/c1-10-18-14-4-2-3-5-15(14)19(10)9-11-6-7-12(16)13(17)8-11/h2-8H,9H2,1H3. The van der Waals surface area contributed by atoms with E-state index < -0.39 is 11.6 Å². The van der Waals surface area contributed by atoms with E-state index in [9.17, 15) is 8.78 Å². The maximum atomic E-state index is 13.2. The van der Waals surface area contributed by atoms with Gasteiger partial charge in [-0.05, 0) is 36.8 Å². The number of aromatic nitrogens is 2. The smallest absolute Gasteiger partial charge is 0.159 e. The Morgan fingerprint density at radius 3 is 2.63 bits per heavy atom. The van der Waals surface area contributed by atoms with Gasteiger partial charge in [0.25, 0.3) is 0 Å². The molecule has 0 aliphatic rings. The third kappa shape index (κ3) is 2.10. The molecule has 0 fully saturated rings. The van der Waals surface area contributed by atoms with Crippen LogP contribution in [0.3, 0.4) is 0 Å². The summed E-state index contributed by atoms with van der Waals surface area (Å²) in [6.07, 6.45) is 0. The molecule has 2 nitrogen and oxygen atoms in total. The average Bonchev–Trinajstić information content (AvgIpc) is 2.71. The molecule has 1 aromatic heterocycles. The van der Waals surface area contributed by atoms with Crippen molar-refractivity contribution in [1.82, 2.24) is 9.55 Å². The monoisotopic (exact) mass is 258 g/mol. The molecule has 4 heteroatoms. The van der Waals surface area contributed by atoms with Crippen LogP contribution in [-0.2, 0) is 6.54 Å². The molecular formula is C15H12F2N2. The number of benzene rings is 2. The normalized spacial score (nSPS) is 11.1. The molecule has 0 unspecified atom stereocenters. The van der Waals surface area contributed by atoms with Gasteiger partial charge < -0.3 is 4.57 Å². The lowest BCUT2D eigenvalue weighted by Crippen LogP contribution is -2.02. The van der Waals surface area contributed by atoms with Crippen molar-refractivity contribution in [2.24, 2.45) is 0 Å². The Hall–Kier alpha value is -2.23. The number of rotatable bonds is 2. The van der Waals surface area contributed by atoms with E-state index >= 15 is 0 Å². The summed E-state index contributed by atoms with van der Waals surface area (Å²) >= 11 is 0. The predicted molar refractivity (Wildman–Crippen MR) is 69.9 cm³/mol. The van der Waals surface area contributed by atoms with Crippen LogP contribution in [0.5, 0.6) is 0 Å². The Balaban J connectivity index is 2.05. The van der Waals surface area contributed by atoms with Crippen LogP contribution in [-0.4, -0.2) is 9.55 Å². The largest absolute Gasteiger partial charge is 0.324 e. The first-order valence-electron chi connectivity index (χ1n) is 6.01. The van der Waals surface area contributed by atoms with Gasteiger partial charge in [-0.1, -0.05) is 18.2 Å². The van der Waals surface area contributed by atoms with Crippen molar-refractivity contribution in [3.63, 3.8) is 0 Å². The van der Waals surface area contributed by atoms with E-state index in [1.807, 2.05) is 35.8 Å². The first kappa shape index (κ1) is 11.8. The zero-order chi connectivity index (χ0) is 13.4. The van der Waals surface area contributed by atoms with Gasteiger partial charge in [0.1, 0.15) is 5.82 Å². The molecule has 3 rings (SSSR count). The van der Waals surface area contributed by atoms with Crippen molar-refractivity contribution in [3.8, 4) is 0 Å². The highest BCUT2D eigenvalue weighted by molar-refractivity contribution is 5.75. The van der Waals surface area contributed by atoms with Gasteiger partial charge in [-0.15, -0.1) is 0 Å². The molecule has 0 atom stereocenters. The van der Waals surface area contributed by atoms with Crippen LogP contribution in [0.15, 0.2) is 42.5 Å². The Morgan fingerprint density at radius 1 is 1.05 bits per heavy atom. The number of imidazole rings is 1.